The zero-order chi connectivity index (χ0) is 17.4. The van der Waals surface area contributed by atoms with E-state index in [-0.39, 0.29) is 24.0 Å². The first-order valence-electron chi connectivity index (χ1n) is 8.21. The molecule has 0 bridgehead atoms. The molecule has 2 aromatic rings. The molecule has 1 aromatic carbocycles. The number of aromatic nitrogens is 1. The average molecular weight is 458 g/mol. The highest BCUT2D eigenvalue weighted by Crippen LogP contribution is 2.17. The Balaban J connectivity index is 0.00000312. The van der Waals surface area contributed by atoms with Gasteiger partial charge in [0.1, 0.15) is 11.5 Å². The van der Waals surface area contributed by atoms with Crippen LogP contribution in [0.1, 0.15) is 29.5 Å². The number of guanidine groups is 1. The van der Waals surface area contributed by atoms with Crippen LogP contribution in [-0.4, -0.2) is 31.3 Å². The number of halogens is 1. The standard InChI is InChI=1S/C18H26N4O2.HI/c1-5-19-18(20-11-10-16-13(2)22-24-14(16)3)21-12-15-8-6-7-9-17(15)23-4;/h6-9H,5,10-12H2,1-4H3,(H2,19,20,21);1H. The van der Waals surface area contributed by atoms with Crippen molar-refractivity contribution in [2.45, 2.75) is 33.7 Å². The van der Waals surface area contributed by atoms with Crippen LogP contribution in [0.25, 0.3) is 0 Å². The fraction of sp³-hybridized carbons (Fsp3) is 0.444. The first kappa shape index (κ1) is 21.3. The molecule has 138 valence electrons. The van der Waals surface area contributed by atoms with Gasteiger partial charge in [0.25, 0.3) is 0 Å². The van der Waals surface area contributed by atoms with E-state index < -0.39 is 0 Å². The van der Waals surface area contributed by atoms with E-state index in [0.29, 0.717) is 6.54 Å². The minimum atomic E-state index is 0. The molecule has 0 unspecified atom stereocenters. The summed E-state index contributed by atoms with van der Waals surface area (Å²) in [6.07, 6.45) is 0.847. The quantitative estimate of drug-likeness (QED) is 0.379. The molecule has 2 rings (SSSR count). The molecule has 2 N–H and O–H groups in total. The predicted octanol–water partition coefficient (Wildman–Crippen LogP) is 3.22. The Morgan fingerprint density at radius 3 is 2.64 bits per heavy atom. The van der Waals surface area contributed by atoms with Gasteiger partial charge in [0.2, 0.25) is 0 Å². The maximum atomic E-state index is 5.37. The first-order valence-corrected chi connectivity index (χ1v) is 8.21. The number of aliphatic imine (C=N–C) groups is 1. The largest absolute Gasteiger partial charge is 0.496 e. The van der Waals surface area contributed by atoms with Crippen LogP contribution in [0.15, 0.2) is 33.8 Å². The van der Waals surface area contributed by atoms with Gasteiger partial charge in [0.15, 0.2) is 5.96 Å². The van der Waals surface area contributed by atoms with E-state index in [1.165, 1.54) is 0 Å². The van der Waals surface area contributed by atoms with Gasteiger partial charge in [-0.3, -0.25) is 0 Å². The number of nitrogens with zero attached hydrogens (tertiary/aromatic N) is 2. The zero-order valence-electron chi connectivity index (χ0n) is 15.3. The third-order valence-corrected chi connectivity index (χ3v) is 3.79. The molecule has 0 radical (unpaired) electrons. The second-order valence-electron chi connectivity index (χ2n) is 5.49. The van der Waals surface area contributed by atoms with Crippen LogP contribution in [0.2, 0.25) is 0 Å². The summed E-state index contributed by atoms with van der Waals surface area (Å²) in [5.74, 6) is 2.52. The van der Waals surface area contributed by atoms with Gasteiger partial charge < -0.3 is 19.9 Å². The third-order valence-electron chi connectivity index (χ3n) is 3.79. The lowest BCUT2D eigenvalue weighted by atomic mass is 10.1. The number of hydrogen-bond donors (Lipinski definition) is 2. The maximum absolute atomic E-state index is 5.37. The van der Waals surface area contributed by atoms with Crippen molar-refractivity contribution in [2.24, 2.45) is 4.99 Å². The summed E-state index contributed by atoms with van der Waals surface area (Å²) in [6, 6.07) is 7.92. The van der Waals surface area contributed by atoms with E-state index in [9.17, 15) is 0 Å². The average Bonchev–Trinajstić information content (AvgIpc) is 2.91. The Bertz CT molecular complexity index is 666. The molecule has 0 aliphatic rings. The van der Waals surface area contributed by atoms with Gasteiger partial charge in [-0.15, -0.1) is 24.0 Å². The van der Waals surface area contributed by atoms with Crippen molar-refractivity contribution in [1.29, 1.82) is 0 Å². The molecule has 0 atom stereocenters. The predicted molar refractivity (Wildman–Crippen MR) is 111 cm³/mol. The Morgan fingerprint density at radius 1 is 1.24 bits per heavy atom. The lowest BCUT2D eigenvalue weighted by molar-refractivity contribution is 0.392. The molecule has 0 fully saturated rings. The summed E-state index contributed by atoms with van der Waals surface area (Å²) in [7, 11) is 1.68. The van der Waals surface area contributed by atoms with Crippen molar-refractivity contribution in [3.63, 3.8) is 0 Å². The molecule has 1 aromatic heterocycles. The third kappa shape index (κ3) is 6.22. The molecule has 1 heterocycles. The van der Waals surface area contributed by atoms with Crippen LogP contribution in [0.5, 0.6) is 5.75 Å². The molecule has 25 heavy (non-hydrogen) atoms. The number of aryl methyl sites for hydroxylation is 2. The molecule has 0 saturated carbocycles. The molecule has 0 aliphatic heterocycles. The minimum Gasteiger partial charge on any atom is -0.496 e. The summed E-state index contributed by atoms with van der Waals surface area (Å²) in [6.45, 7) is 8.09. The minimum absolute atomic E-state index is 0. The van der Waals surface area contributed by atoms with Crippen molar-refractivity contribution in [1.82, 2.24) is 15.8 Å². The lowest BCUT2D eigenvalue weighted by Crippen LogP contribution is -2.38. The van der Waals surface area contributed by atoms with Gasteiger partial charge in [0, 0.05) is 24.2 Å². The van der Waals surface area contributed by atoms with E-state index in [1.54, 1.807) is 7.11 Å². The van der Waals surface area contributed by atoms with E-state index >= 15 is 0 Å². The van der Waals surface area contributed by atoms with Crippen LogP contribution >= 0.6 is 24.0 Å². The van der Waals surface area contributed by atoms with E-state index in [1.807, 2.05) is 38.1 Å². The maximum Gasteiger partial charge on any atom is 0.191 e. The lowest BCUT2D eigenvalue weighted by Gasteiger charge is -2.12. The molecule has 0 amide bonds. The van der Waals surface area contributed by atoms with Crippen LogP contribution in [0.3, 0.4) is 0 Å². The van der Waals surface area contributed by atoms with Crippen LogP contribution in [-0.2, 0) is 13.0 Å². The fourth-order valence-electron chi connectivity index (χ4n) is 2.50. The molecule has 0 spiro atoms. The molecular weight excluding hydrogens is 431 g/mol. The van der Waals surface area contributed by atoms with Gasteiger partial charge in [-0.05, 0) is 33.3 Å². The molecule has 0 saturated heterocycles. The number of ether oxygens (including phenoxy) is 1. The summed E-state index contributed by atoms with van der Waals surface area (Å²) < 4.78 is 10.6. The topological polar surface area (TPSA) is 71.7 Å². The summed E-state index contributed by atoms with van der Waals surface area (Å²) in [5, 5.41) is 10.6. The number of hydrogen-bond acceptors (Lipinski definition) is 4. The Morgan fingerprint density at radius 2 is 2.00 bits per heavy atom. The Labute approximate surface area is 166 Å². The highest BCUT2D eigenvalue weighted by atomic mass is 127. The SMILES string of the molecule is CCNC(=NCc1ccccc1OC)NCCc1c(C)noc1C.I. The monoisotopic (exact) mass is 458 g/mol. The van der Waals surface area contributed by atoms with Crippen LogP contribution in [0.4, 0.5) is 0 Å². The number of benzene rings is 1. The van der Waals surface area contributed by atoms with Gasteiger partial charge in [-0.25, -0.2) is 4.99 Å². The van der Waals surface area contributed by atoms with Crippen LogP contribution in [0, 0.1) is 13.8 Å². The molecular formula is C18H27IN4O2. The van der Waals surface area contributed by atoms with E-state index in [0.717, 1.165) is 53.8 Å². The Kier molecular flexibility index (Phi) is 9.33. The van der Waals surface area contributed by atoms with Gasteiger partial charge >= 0.3 is 0 Å². The van der Waals surface area contributed by atoms with Crippen molar-refractivity contribution in [3.05, 3.63) is 46.8 Å². The molecule has 0 aliphatic carbocycles. The van der Waals surface area contributed by atoms with Gasteiger partial charge in [-0.1, -0.05) is 23.4 Å². The zero-order valence-corrected chi connectivity index (χ0v) is 17.6. The second kappa shape index (κ2) is 11.0. The fourth-order valence-corrected chi connectivity index (χ4v) is 2.50. The highest BCUT2D eigenvalue weighted by Gasteiger charge is 2.08. The molecule has 6 nitrogen and oxygen atoms in total. The normalized spacial score (nSPS) is 11.0. The van der Waals surface area contributed by atoms with Gasteiger partial charge in [-0.2, -0.15) is 0 Å². The number of methoxy groups -OCH3 is 1. The summed E-state index contributed by atoms with van der Waals surface area (Å²) in [5.41, 5.74) is 3.16. The van der Waals surface area contributed by atoms with Crippen LogP contribution < -0.4 is 15.4 Å². The van der Waals surface area contributed by atoms with Crippen molar-refractivity contribution in [3.8, 4) is 5.75 Å². The van der Waals surface area contributed by atoms with Crippen molar-refractivity contribution < 1.29 is 9.26 Å². The van der Waals surface area contributed by atoms with E-state index in [4.69, 9.17) is 9.26 Å². The molecule has 7 heteroatoms. The smallest absolute Gasteiger partial charge is 0.191 e. The van der Waals surface area contributed by atoms with E-state index in [2.05, 4.69) is 27.7 Å². The second-order valence-corrected chi connectivity index (χ2v) is 5.49. The number of para-hydroxylation sites is 1. The summed E-state index contributed by atoms with van der Waals surface area (Å²) >= 11 is 0. The summed E-state index contributed by atoms with van der Waals surface area (Å²) in [4.78, 5) is 4.63. The number of rotatable bonds is 7. The first-order chi connectivity index (χ1) is 11.7. The van der Waals surface area contributed by atoms with Gasteiger partial charge in [0.05, 0.1) is 19.3 Å². The van der Waals surface area contributed by atoms with Crippen molar-refractivity contribution in [2.75, 3.05) is 20.2 Å². The number of nitrogens with one attached hydrogen (secondary N) is 2. The van der Waals surface area contributed by atoms with Crippen molar-refractivity contribution >= 4 is 29.9 Å². The Hall–Kier alpha value is -1.77. The highest BCUT2D eigenvalue weighted by molar-refractivity contribution is 14.0.